The Hall–Kier alpha value is -2.78. The standard InChI is InChI=1S/C19H22N2O6S/c1-3-21-28(23,24)18-10-14(6-8-16(18)25-4-2)19(22)20-11-13-5-7-15-17(9-13)27-12-26-15/h5-10,21H,3-4,11-12H2,1-2H3,(H,20,22). The van der Waals surface area contributed by atoms with E-state index in [4.69, 9.17) is 14.2 Å². The van der Waals surface area contributed by atoms with E-state index in [1.807, 2.05) is 6.07 Å². The topological polar surface area (TPSA) is 103 Å². The molecule has 2 aromatic carbocycles. The van der Waals surface area contributed by atoms with Gasteiger partial charge in [-0.15, -0.1) is 0 Å². The number of nitrogens with one attached hydrogen (secondary N) is 2. The first-order valence-electron chi connectivity index (χ1n) is 8.88. The van der Waals surface area contributed by atoms with Gasteiger partial charge in [0.2, 0.25) is 16.8 Å². The van der Waals surface area contributed by atoms with Crippen molar-refractivity contribution in [1.29, 1.82) is 0 Å². The van der Waals surface area contributed by atoms with E-state index in [1.165, 1.54) is 18.2 Å². The van der Waals surface area contributed by atoms with Crippen molar-refractivity contribution in [2.24, 2.45) is 0 Å². The van der Waals surface area contributed by atoms with Gasteiger partial charge in [0.15, 0.2) is 11.5 Å². The third-order valence-corrected chi connectivity index (χ3v) is 5.59. The first kappa shape index (κ1) is 20.0. The van der Waals surface area contributed by atoms with Crippen LogP contribution in [0.4, 0.5) is 0 Å². The van der Waals surface area contributed by atoms with Crippen molar-refractivity contribution < 1.29 is 27.4 Å². The van der Waals surface area contributed by atoms with Gasteiger partial charge < -0.3 is 19.5 Å². The van der Waals surface area contributed by atoms with E-state index in [1.54, 1.807) is 26.0 Å². The lowest BCUT2D eigenvalue weighted by Gasteiger charge is -2.13. The van der Waals surface area contributed by atoms with Crippen LogP contribution in [0.5, 0.6) is 17.2 Å². The van der Waals surface area contributed by atoms with E-state index in [0.717, 1.165) is 5.56 Å². The van der Waals surface area contributed by atoms with E-state index in [0.29, 0.717) is 18.1 Å². The summed E-state index contributed by atoms with van der Waals surface area (Å²) in [7, 11) is -3.78. The van der Waals surface area contributed by atoms with Crippen molar-refractivity contribution in [2.45, 2.75) is 25.3 Å². The minimum atomic E-state index is -3.78. The lowest BCUT2D eigenvalue weighted by Crippen LogP contribution is -2.26. The van der Waals surface area contributed by atoms with E-state index in [2.05, 4.69) is 10.0 Å². The Bertz CT molecular complexity index is 974. The number of fused-ring (bicyclic) bond motifs is 1. The zero-order valence-electron chi connectivity index (χ0n) is 15.7. The van der Waals surface area contributed by atoms with Gasteiger partial charge in [-0.2, -0.15) is 0 Å². The van der Waals surface area contributed by atoms with Crippen LogP contribution in [0.25, 0.3) is 0 Å². The van der Waals surface area contributed by atoms with Crippen LogP contribution in [-0.4, -0.2) is 34.3 Å². The summed E-state index contributed by atoms with van der Waals surface area (Å²) in [5, 5.41) is 2.78. The third kappa shape index (κ3) is 4.37. The first-order valence-corrected chi connectivity index (χ1v) is 10.4. The lowest BCUT2D eigenvalue weighted by molar-refractivity contribution is 0.0950. The molecule has 0 aliphatic carbocycles. The molecule has 0 spiro atoms. The monoisotopic (exact) mass is 406 g/mol. The van der Waals surface area contributed by atoms with Gasteiger partial charge in [-0.25, -0.2) is 13.1 Å². The molecule has 0 radical (unpaired) electrons. The van der Waals surface area contributed by atoms with Crippen LogP contribution in [-0.2, 0) is 16.6 Å². The Morgan fingerprint density at radius 1 is 1.11 bits per heavy atom. The second kappa shape index (κ2) is 8.49. The summed E-state index contributed by atoms with van der Waals surface area (Å²) in [6, 6.07) is 9.74. The van der Waals surface area contributed by atoms with Crippen molar-refractivity contribution in [1.82, 2.24) is 10.0 Å². The molecule has 3 rings (SSSR count). The molecule has 0 saturated carbocycles. The van der Waals surface area contributed by atoms with E-state index >= 15 is 0 Å². The van der Waals surface area contributed by atoms with Gasteiger partial charge in [-0.05, 0) is 42.8 Å². The molecule has 0 unspecified atom stereocenters. The Kier molecular flexibility index (Phi) is 6.05. The molecule has 2 N–H and O–H groups in total. The molecular formula is C19H22N2O6S. The summed E-state index contributed by atoms with van der Waals surface area (Å²) >= 11 is 0. The molecule has 150 valence electrons. The molecule has 2 aromatic rings. The van der Waals surface area contributed by atoms with E-state index < -0.39 is 15.9 Å². The lowest BCUT2D eigenvalue weighted by atomic mass is 10.1. The number of carbonyl (C=O) groups excluding carboxylic acids is 1. The molecule has 0 aromatic heterocycles. The van der Waals surface area contributed by atoms with Crippen molar-refractivity contribution in [3.63, 3.8) is 0 Å². The number of hydrogen-bond acceptors (Lipinski definition) is 6. The van der Waals surface area contributed by atoms with Crippen LogP contribution < -0.4 is 24.2 Å². The van der Waals surface area contributed by atoms with Crippen LogP contribution in [0, 0.1) is 0 Å². The number of hydrogen-bond donors (Lipinski definition) is 2. The molecular weight excluding hydrogens is 384 g/mol. The summed E-state index contributed by atoms with van der Waals surface area (Å²) in [6.45, 7) is 4.42. The molecule has 1 amide bonds. The van der Waals surface area contributed by atoms with Crippen molar-refractivity contribution >= 4 is 15.9 Å². The third-order valence-electron chi connectivity index (χ3n) is 4.02. The summed E-state index contributed by atoms with van der Waals surface area (Å²) in [5.41, 5.74) is 1.06. The molecule has 1 heterocycles. The van der Waals surface area contributed by atoms with Crippen molar-refractivity contribution in [2.75, 3.05) is 19.9 Å². The van der Waals surface area contributed by atoms with Crippen molar-refractivity contribution in [3.05, 3.63) is 47.5 Å². The predicted molar refractivity (Wildman–Crippen MR) is 102 cm³/mol. The fourth-order valence-electron chi connectivity index (χ4n) is 2.74. The average molecular weight is 406 g/mol. The summed E-state index contributed by atoms with van der Waals surface area (Å²) < 4.78 is 43.3. The largest absolute Gasteiger partial charge is 0.492 e. The zero-order chi connectivity index (χ0) is 20.1. The fraction of sp³-hybridized carbons (Fsp3) is 0.316. The Labute approximate surface area is 163 Å². The van der Waals surface area contributed by atoms with Crippen LogP contribution in [0.3, 0.4) is 0 Å². The highest BCUT2D eigenvalue weighted by Gasteiger charge is 2.21. The van der Waals surface area contributed by atoms with Gasteiger partial charge in [0.05, 0.1) is 6.61 Å². The van der Waals surface area contributed by atoms with E-state index in [-0.39, 0.29) is 36.1 Å². The minimum Gasteiger partial charge on any atom is -0.492 e. The van der Waals surface area contributed by atoms with Crippen molar-refractivity contribution in [3.8, 4) is 17.2 Å². The van der Waals surface area contributed by atoms with Crippen LogP contribution in [0.2, 0.25) is 0 Å². The summed E-state index contributed by atoms with van der Waals surface area (Å²) in [4.78, 5) is 12.5. The van der Waals surface area contributed by atoms with Gasteiger partial charge in [0, 0.05) is 18.7 Å². The SMILES string of the molecule is CCNS(=O)(=O)c1cc(C(=O)NCc2ccc3c(c2)OCO3)ccc1OCC. The van der Waals surface area contributed by atoms with Gasteiger partial charge in [0.25, 0.3) is 5.91 Å². The quantitative estimate of drug-likeness (QED) is 0.696. The molecule has 28 heavy (non-hydrogen) atoms. The Morgan fingerprint density at radius 3 is 2.64 bits per heavy atom. The highest BCUT2D eigenvalue weighted by molar-refractivity contribution is 7.89. The summed E-state index contributed by atoms with van der Waals surface area (Å²) in [6.07, 6.45) is 0. The van der Waals surface area contributed by atoms with E-state index in [9.17, 15) is 13.2 Å². The predicted octanol–water partition coefficient (Wildman–Crippen LogP) is 2.04. The maximum atomic E-state index is 12.5. The average Bonchev–Trinajstić information content (AvgIpc) is 3.14. The number of ether oxygens (including phenoxy) is 3. The zero-order valence-corrected chi connectivity index (χ0v) is 16.5. The maximum Gasteiger partial charge on any atom is 0.251 e. The fourth-order valence-corrected chi connectivity index (χ4v) is 3.95. The summed E-state index contributed by atoms with van der Waals surface area (Å²) in [5.74, 6) is 1.11. The first-order chi connectivity index (χ1) is 13.4. The Balaban J connectivity index is 1.77. The molecule has 9 heteroatoms. The molecule has 0 fully saturated rings. The smallest absolute Gasteiger partial charge is 0.251 e. The van der Waals surface area contributed by atoms with Gasteiger partial charge >= 0.3 is 0 Å². The second-order valence-corrected chi connectivity index (χ2v) is 7.70. The second-order valence-electron chi connectivity index (χ2n) is 5.97. The number of amides is 1. The van der Waals surface area contributed by atoms with Gasteiger partial charge in [0.1, 0.15) is 10.6 Å². The normalized spacial score (nSPS) is 12.6. The molecule has 1 aliphatic rings. The molecule has 0 atom stereocenters. The molecule has 0 saturated heterocycles. The number of benzene rings is 2. The van der Waals surface area contributed by atoms with Crippen LogP contribution >= 0.6 is 0 Å². The van der Waals surface area contributed by atoms with Crippen LogP contribution in [0.1, 0.15) is 29.8 Å². The molecule has 1 aliphatic heterocycles. The van der Waals surface area contributed by atoms with Gasteiger partial charge in [-0.3, -0.25) is 4.79 Å². The highest BCUT2D eigenvalue weighted by Crippen LogP contribution is 2.32. The Morgan fingerprint density at radius 2 is 1.89 bits per heavy atom. The highest BCUT2D eigenvalue weighted by atomic mass is 32.2. The number of sulfonamides is 1. The maximum absolute atomic E-state index is 12.5. The molecule has 0 bridgehead atoms. The minimum absolute atomic E-state index is 0.0630. The number of rotatable bonds is 8. The van der Waals surface area contributed by atoms with Crippen LogP contribution in [0.15, 0.2) is 41.3 Å². The number of carbonyl (C=O) groups is 1. The molecule has 8 nitrogen and oxygen atoms in total. The van der Waals surface area contributed by atoms with Gasteiger partial charge in [-0.1, -0.05) is 13.0 Å².